The maximum absolute atomic E-state index is 11.2. The highest BCUT2D eigenvalue weighted by atomic mass is 16.5. The molecule has 0 aliphatic carbocycles. The van der Waals surface area contributed by atoms with E-state index in [9.17, 15) is 4.79 Å². The first kappa shape index (κ1) is 14.4. The van der Waals surface area contributed by atoms with Gasteiger partial charge in [0.15, 0.2) is 0 Å². The lowest BCUT2D eigenvalue weighted by Gasteiger charge is -2.26. The van der Waals surface area contributed by atoms with Gasteiger partial charge in [-0.1, -0.05) is 13.8 Å². The molecule has 0 aromatic heterocycles. The first-order valence-electron chi connectivity index (χ1n) is 5.69. The molecule has 15 heavy (non-hydrogen) atoms. The molecule has 0 fully saturated rings. The third-order valence-electron chi connectivity index (χ3n) is 2.42. The number of likely N-dealkylation sites (N-methyl/N-ethyl adjacent to an activating group) is 1. The predicted octanol–water partition coefficient (Wildman–Crippen LogP) is 1.05. The second-order valence-corrected chi connectivity index (χ2v) is 3.94. The van der Waals surface area contributed by atoms with Crippen LogP contribution in [-0.4, -0.2) is 31.2 Å². The van der Waals surface area contributed by atoms with Crippen LogP contribution in [0.3, 0.4) is 0 Å². The molecular weight excluding hydrogens is 192 g/mol. The van der Waals surface area contributed by atoms with E-state index in [1.807, 2.05) is 13.8 Å². The average molecular weight is 216 g/mol. The predicted molar refractivity (Wildman–Crippen MR) is 61.6 cm³/mol. The third-order valence-corrected chi connectivity index (χ3v) is 2.42. The molecule has 90 valence electrons. The van der Waals surface area contributed by atoms with Crippen molar-refractivity contribution in [2.24, 2.45) is 5.73 Å². The Kier molecular flexibility index (Phi) is 7.34. The Hall–Kier alpha value is -0.610. The lowest BCUT2D eigenvalue weighted by molar-refractivity contribution is -0.124. The lowest BCUT2D eigenvalue weighted by atomic mass is 9.95. The van der Waals surface area contributed by atoms with Crippen LogP contribution in [0, 0.1) is 0 Å². The number of nitrogens with one attached hydrogen (secondary N) is 1. The molecule has 0 spiro atoms. The Morgan fingerprint density at radius 1 is 1.40 bits per heavy atom. The summed E-state index contributed by atoms with van der Waals surface area (Å²) in [6, 6.07) is 0. The summed E-state index contributed by atoms with van der Waals surface area (Å²) in [6.07, 6.45) is 2.60. The highest BCUT2D eigenvalue weighted by Crippen LogP contribution is 2.11. The normalized spacial score (nSPS) is 14.9. The molecular formula is C11H24N2O2. The SMILES string of the molecule is CCCOCCCC(C)(NCC)C(N)=O. The summed E-state index contributed by atoms with van der Waals surface area (Å²) in [6.45, 7) is 8.12. The van der Waals surface area contributed by atoms with Gasteiger partial charge in [0.05, 0.1) is 5.54 Å². The van der Waals surface area contributed by atoms with Crippen LogP contribution in [0.2, 0.25) is 0 Å². The Balaban J connectivity index is 3.81. The second-order valence-electron chi connectivity index (χ2n) is 3.94. The van der Waals surface area contributed by atoms with Gasteiger partial charge in [-0.15, -0.1) is 0 Å². The number of ether oxygens (including phenoxy) is 1. The lowest BCUT2D eigenvalue weighted by Crippen LogP contribution is -2.53. The molecule has 0 saturated heterocycles. The van der Waals surface area contributed by atoms with E-state index < -0.39 is 5.54 Å². The molecule has 0 aromatic carbocycles. The van der Waals surface area contributed by atoms with Crippen LogP contribution in [0.25, 0.3) is 0 Å². The van der Waals surface area contributed by atoms with Crippen LogP contribution in [-0.2, 0) is 9.53 Å². The standard InChI is InChI=1S/C11H24N2O2/c1-4-8-15-9-6-7-11(3,10(12)14)13-5-2/h13H,4-9H2,1-3H3,(H2,12,14). The number of hydrogen-bond acceptors (Lipinski definition) is 3. The number of carbonyl (C=O) groups is 1. The van der Waals surface area contributed by atoms with Crippen molar-refractivity contribution in [2.75, 3.05) is 19.8 Å². The summed E-state index contributed by atoms with van der Waals surface area (Å²) in [5.41, 5.74) is 4.76. The molecule has 4 nitrogen and oxygen atoms in total. The van der Waals surface area contributed by atoms with Gasteiger partial charge in [-0.3, -0.25) is 4.79 Å². The zero-order valence-corrected chi connectivity index (χ0v) is 10.1. The fourth-order valence-electron chi connectivity index (χ4n) is 1.46. The van der Waals surface area contributed by atoms with E-state index in [0.717, 1.165) is 32.4 Å². The molecule has 0 heterocycles. The van der Waals surface area contributed by atoms with Gasteiger partial charge in [0.1, 0.15) is 0 Å². The van der Waals surface area contributed by atoms with E-state index in [-0.39, 0.29) is 5.91 Å². The summed E-state index contributed by atoms with van der Waals surface area (Å²) in [7, 11) is 0. The second kappa shape index (κ2) is 7.65. The van der Waals surface area contributed by atoms with Crippen molar-refractivity contribution in [3.8, 4) is 0 Å². The number of hydrogen-bond donors (Lipinski definition) is 2. The molecule has 0 aromatic rings. The van der Waals surface area contributed by atoms with E-state index in [1.54, 1.807) is 0 Å². The van der Waals surface area contributed by atoms with Crippen molar-refractivity contribution in [1.29, 1.82) is 0 Å². The van der Waals surface area contributed by atoms with Crippen molar-refractivity contribution < 1.29 is 9.53 Å². The maximum atomic E-state index is 11.2. The van der Waals surface area contributed by atoms with Gasteiger partial charge in [0, 0.05) is 13.2 Å². The van der Waals surface area contributed by atoms with E-state index in [0.29, 0.717) is 6.61 Å². The van der Waals surface area contributed by atoms with Crippen molar-refractivity contribution in [1.82, 2.24) is 5.32 Å². The molecule has 0 radical (unpaired) electrons. The highest BCUT2D eigenvalue weighted by Gasteiger charge is 2.28. The molecule has 0 aliphatic rings. The van der Waals surface area contributed by atoms with E-state index >= 15 is 0 Å². The summed E-state index contributed by atoms with van der Waals surface area (Å²) < 4.78 is 5.36. The van der Waals surface area contributed by atoms with Gasteiger partial charge >= 0.3 is 0 Å². The van der Waals surface area contributed by atoms with Crippen molar-refractivity contribution >= 4 is 5.91 Å². The largest absolute Gasteiger partial charge is 0.381 e. The van der Waals surface area contributed by atoms with E-state index in [1.165, 1.54) is 0 Å². The number of primary amides is 1. The van der Waals surface area contributed by atoms with Crippen LogP contribution in [0.15, 0.2) is 0 Å². The van der Waals surface area contributed by atoms with Gasteiger partial charge in [0.2, 0.25) is 5.91 Å². The van der Waals surface area contributed by atoms with Gasteiger partial charge < -0.3 is 15.8 Å². The number of nitrogens with two attached hydrogens (primary N) is 1. The number of amides is 1. The van der Waals surface area contributed by atoms with Crippen LogP contribution >= 0.6 is 0 Å². The maximum Gasteiger partial charge on any atom is 0.237 e. The Bertz CT molecular complexity index is 185. The van der Waals surface area contributed by atoms with E-state index in [4.69, 9.17) is 10.5 Å². The summed E-state index contributed by atoms with van der Waals surface area (Å²) in [5, 5.41) is 3.12. The molecule has 1 amide bonds. The minimum absolute atomic E-state index is 0.292. The molecule has 0 aliphatic heterocycles. The van der Waals surface area contributed by atoms with Crippen LogP contribution in [0.4, 0.5) is 0 Å². The number of carbonyl (C=O) groups excluding carboxylic acids is 1. The molecule has 0 saturated carbocycles. The zero-order valence-electron chi connectivity index (χ0n) is 10.1. The van der Waals surface area contributed by atoms with E-state index in [2.05, 4.69) is 12.2 Å². The summed E-state index contributed by atoms with van der Waals surface area (Å²) in [5.74, 6) is -0.292. The smallest absolute Gasteiger partial charge is 0.237 e. The molecule has 0 bridgehead atoms. The first-order chi connectivity index (χ1) is 7.06. The van der Waals surface area contributed by atoms with Crippen molar-refractivity contribution in [2.45, 2.75) is 45.6 Å². The number of rotatable bonds is 9. The topological polar surface area (TPSA) is 64.3 Å². The summed E-state index contributed by atoms with van der Waals surface area (Å²) >= 11 is 0. The minimum Gasteiger partial charge on any atom is -0.381 e. The molecule has 0 rings (SSSR count). The summed E-state index contributed by atoms with van der Waals surface area (Å²) in [4.78, 5) is 11.2. The fraction of sp³-hybridized carbons (Fsp3) is 0.909. The van der Waals surface area contributed by atoms with Crippen LogP contribution in [0.5, 0.6) is 0 Å². The monoisotopic (exact) mass is 216 g/mol. The van der Waals surface area contributed by atoms with Gasteiger partial charge in [-0.05, 0) is 32.7 Å². The van der Waals surface area contributed by atoms with Crippen molar-refractivity contribution in [3.05, 3.63) is 0 Å². The average Bonchev–Trinajstić information content (AvgIpc) is 2.18. The van der Waals surface area contributed by atoms with Gasteiger partial charge in [-0.2, -0.15) is 0 Å². The van der Waals surface area contributed by atoms with Crippen LogP contribution < -0.4 is 11.1 Å². The quantitative estimate of drug-likeness (QED) is 0.566. The minimum atomic E-state index is -0.593. The van der Waals surface area contributed by atoms with Crippen molar-refractivity contribution in [3.63, 3.8) is 0 Å². The molecule has 4 heteroatoms. The Labute approximate surface area is 92.6 Å². The zero-order chi connectivity index (χ0) is 11.7. The third kappa shape index (κ3) is 5.74. The molecule has 1 atom stereocenters. The van der Waals surface area contributed by atoms with Gasteiger partial charge in [-0.25, -0.2) is 0 Å². The van der Waals surface area contributed by atoms with Crippen LogP contribution in [0.1, 0.15) is 40.0 Å². The molecule has 3 N–H and O–H groups in total. The first-order valence-corrected chi connectivity index (χ1v) is 5.69. The fourth-order valence-corrected chi connectivity index (χ4v) is 1.46. The van der Waals surface area contributed by atoms with Gasteiger partial charge in [0.25, 0.3) is 0 Å². The highest BCUT2D eigenvalue weighted by molar-refractivity contribution is 5.84. The Morgan fingerprint density at radius 2 is 2.07 bits per heavy atom. The molecule has 1 unspecified atom stereocenters. The Morgan fingerprint density at radius 3 is 2.53 bits per heavy atom.